The van der Waals surface area contributed by atoms with Crippen LogP contribution in [0.3, 0.4) is 0 Å². The maximum atomic E-state index is 5.81. The van der Waals surface area contributed by atoms with Crippen molar-refractivity contribution >= 4 is 34.8 Å². The average Bonchev–Trinajstić information content (AvgIpc) is 2.27. The number of hydrazone groups is 1. The van der Waals surface area contributed by atoms with Crippen LogP contribution in [0.1, 0.15) is 5.69 Å². The van der Waals surface area contributed by atoms with Gasteiger partial charge >= 0.3 is 0 Å². The molecule has 0 fully saturated rings. The zero-order valence-corrected chi connectivity index (χ0v) is 10.5. The van der Waals surface area contributed by atoms with Crippen LogP contribution < -0.4 is 11.1 Å². The second kappa shape index (κ2) is 5.62. The van der Waals surface area contributed by atoms with Crippen LogP contribution in [0.2, 0.25) is 5.02 Å². The van der Waals surface area contributed by atoms with Crippen LogP contribution in [-0.4, -0.2) is 35.0 Å². The van der Waals surface area contributed by atoms with E-state index in [9.17, 15) is 0 Å². The number of thiocarbonyl (C=S) groups is 1. The Balaban J connectivity index is 2.89. The predicted molar refractivity (Wildman–Crippen MR) is 69.4 cm³/mol. The molecule has 0 radical (unpaired) electrons. The molecule has 0 aliphatic rings. The Kier molecular flexibility index (Phi) is 4.45. The van der Waals surface area contributed by atoms with Crippen LogP contribution >= 0.6 is 23.8 Å². The third kappa shape index (κ3) is 3.32. The van der Waals surface area contributed by atoms with E-state index in [-0.39, 0.29) is 5.84 Å². The Labute approximate surface area is 104 Å². The van der Waals surface area contributed by atoms with Crippen LogP contribution in [0.25, 0.3) is 0 Å². The van der Waals surface area contributed by atoms with Crippen molar-refractivity contribution in [1.82, 2.24) is 15.3 Å². The number of nitrogens with one attached hydrogen (secondary N) is 1. The van der Waals surface area contributed by atoms with Gasteiger partial charge in [-0.2, -0.15) is 5.10 Å². The normalized spacial score (nSPS) is 11.1. The van der Waals surface area contributed by atoms with Crippen molar-refractivity contribution in [3.05, 3.63) is 29.0 Å². The maximum Gasteiger partial charge on any atom is 0.189 e. The highest BCUT2D eigenvalue weighted by atomic mass is 35.5. The maximum absolute atomic E-state index is 5.81. The molecule has 0 amide bonds. The molecule has 0 unspecified atom stereocenters. The summed E-state index contributed by atoms with van der Waals surface area (Å²) in [4.78, 5) is 4.05. The summed E-state index contributed by atoms with van der Waals surface area (Å²) in [5, 5.41) is 9.32. The predicted octanol–water partition coefficient (Wildman–Crippen LogP) is 0.791. The van der Waals surface area contributed by atoms with Crippen LogP contribution in [0, 0.1) is 0 Å². The van der Waals surface area contributed by atoms with Gasteiger partial charge in [0.05, 0.1) is 0 Å². The lowest BCUT2D eigenvalue weighted by molar-refractivity contribution is 0.536. The molecule has 0 spiro atoms. The van der Waals surface area contributed by atoms with Crippen LogP contribution in [-0.2, 0) is 0 Å². The summed E-state index contributed by atoms with van der Waals surface area (Å²) in [6, 6.07) is 3.30. The van der Waals surface area contributed by atoms with Crippen molar-refractivity contribution in [3.63, 3.8) is 0 Å². The number of halogens is 1. The van der Waals surface area contributed by atoms with Gasteiger partial charge in [0.2, 0.25) is 0 Å². The molecule has 3 N–H and O–H groups in total. The fraction of sp³-hybridized carbons (Fsp3) is 0.222. The van der Waals surface area contributed by atoms with Crippen LogP contribution in [0.15, 0.2) is 23.4 Å². The minimum atomic E-state index is 0.252. The minimum absolute atomic E-state index is 0.252. The molecule has 1 aromatic rings. The van der Waals surface area contributed by atoms with E-state index in [0.29, 0.717) is 15.8 Å². The Bertz CT molecular complexity index is 420. The largest absolute Gasteiger partial charge is 0.380 e. The van der Waals surface area contributed by atoms with Crippen molar-refractivity contribution in [2.45, 2.75) is 0 Å². The lowest BCUT2D eigenvalue weighted by Gasteiger charge is -2.13. The van der Waals surface area contributed by atoms with Gasteiger partial charge in [-0.1, -0.05) is 11.6 Å². The molecule has 0 aliphatic carbocycles. The molecule has 1 aromatic heterocycles. The first kappa shape index (κ1) is 12.7. The molecule has 0 bridgehead atoms. The van der Waals surface area contributed by atoms with Crippen molar-refractivity contribution < 1.29 is 0 Å². The summed E-state index contributed by atoms with van der Waals surface area (Å²) in [6.45, 7) is 0. The summed E-state index contributed by atoms with van der Waals surface area (Å²) in [5.74, 6) is 0.252. The van der Waals surface area contributed by atoms with Gasteiger partial charge in [0.25, 0.3) is 0 Å². The minimum Gasteiger partial charge on any atom is -0.380 e. The number of rotatable bonds is 2. The van der Waals surface area contributed by atoms with E-state index in [4.69, 9.17) is 29.6 Å². The van der Waals surface area contributed by atoms with E-state index >= 15 is 0 Å². The first-order valence-corrected chi connectivity index (χ1v) is 5.24. The first-order valence-electron chi connectivity index (χ1n) is 4.46. The van der Waals surface area contributed by atoms with Gasteiger partial charge in [-0.25, -0.2) is 5.01 Å². The van der Waals surface area contributed by atoms with Crippen molar-refractivity contribution in [2.75, 3.05) is 14.1 Å². The lowest BCUT2D eigenvalue weighted by atomic mass is 10.3. The fourth-order valence-electron chi connectivity index (χ4n) is 0.965. The summed E-state index contributed by atoms with van der Waals surface area (Å²) in [7, 11) is 3.40. The van der Waals surface area contributed by atoms with Crippen molar-refractivity contribution in [3.8, 4) is 0 Å². The molecule has 1 rings (SSSR count). The highest BCUT2D eigenvalue weighted by molar-refractivity contribution is 7.80. The molecule has 0 atom stereocenters. The third-order valence-electron chi connectivity index (χ3n) is 1.75. The van der Waals surface area contributed by atoms with Gasteiger partial charge in [-0.15, -0.1) is 0 Å². The van der Waals surface area contributed by atoms with E-state index in [2.05, 4.69) is 15.4 Å². The summed E-state index contributed by atoms with van der Waals surface area (Å²) in [5.41, 5.74) is 6.27. The van der Waals surface area contributed by atoms with E-state index in [1.807, 2.05) is 0 Å². The molecule has 0 aliphatic heterocycles. The van der Waals surface area contributed by atoms with Gasteiger partial charge in [-0.05, 0) is 24.4 Å². The smallest absolute Gasteiger partial charge is 0.189 e. The number of nitrogens with two attached hydrogens (primary N) is 1. The number of hydrogen-bond donors (Lipinski definition) is 2. The number of aromatic nitrogens is 1. The standard InChI is InChI=1S/C9H12ClN5S/c1-12-9(16)15(2)14-8(11)7-5-6(10)3-4-13-7/h3-5H,1-2H3,(H2,11,14)(H,12,16). The number of amidine groups is 1. The quantitative estimate of drug-likeness (QED) is 0.355. The second-order valence-corrected chi connectivity index (χ2v) is 3.75. The Morgan fingerprint density at radius 2 is 2.38 bits per heavy atom. The monoisotopic (exact) mass is 257 g/mol. The van der Waals surface area contributed by atoms with Crippen LogP contribution in [0.4, 0.5) is 0 Å². The zero-order chi connectivity index (χ0) is 12.1. The number of pyridine rings is 1. The molecule has 0 aromatic carbocycles. The van der Waals surface area contributed by atoms with Gasteiger partial charge in [0.1, 0.15) is 5.69 Å². The van der Waals surface area contributed by atoms with Gasteiger partial charge in [-0.3, -0.25) is 4.98 Å². The topological polar surface area (TPSA) is 66.5 Å². The highest BCUT2D eigenvalue weighted by Crippen LogP contribution is 2.07. The third-order valence-corrected chi connectivity index (χ3v) is 2.45. The van der Waals surface area contributed by atoms with E-state index < -0.39 is 0 Å². The first-order chi connectivity index (χ1) is 7.54. The van der Waals surface area contributed by atoms with E-state index in [1.54, 1.807) is 32.4 Å². The summed E-state index contributed by atoms with van der Waals surface area (Å²) >= 11 is 10.8. The Hall–Kier alpha value is -1.40. The van der Waals surface area contributed by atoms with E-state index in [1.165, 1.54) is 5.01 Å². The van der Waals surface area contributed by atoms with Gasteiger partial charge in [0.15, 0.2) is 10.9 Å². The molecule has 1 heterocycles. The molecular formula is C9H12ClN5S. The Morgan fingerprint density at radius 1 is 1.69 bits per heavy atom. The molecule has 7 heteroatoms. The molecule has 16 heavy (non-hydrogen) atoms. The van der Waals surface area contributed by atoms with E-state index in [0.717, 1.165) is 0 Å². The molecule has 5 nitrogen and oxygen atoms in total. The Morgan fingerprint density at radius 3 is 2.94 bits per heavy atom. The second-order valence-electron chi connectivity index (χ2n) is 2.92. The van der Waals surface area contributed by atoms with Gasteiger partial charge in [0, 0.05) is 25.3 Å². The summed E-state index contributed by atoms with van der Waals surface area (Å²) in [6.07, 6.45) is 1.57. The van der Waals surface area contributed by atoms with Crippen LogP contribution in [0.5, 0.6) is 0 Å². The highest BCUT2D eigenvalue weighted by Gasteiger charge is 2.04. The molecule has 0 saturated heterocycles. The average molecular weight is 258 g/mol. The zero-order valence-electron chi connectivity index (χ0n) is 8.94. The number of hydrogen-bond acceptors (Lipinski definition) is 3. The van der Waals surface area contributed by atoms with Crippen molar-refractivity contribution in [2.24, 2.45) is 10.8 Å². The molecule has 86 valence electrons. The molecular weight excluding hydrogens is 246 g/mol. The van der Waals surface area contributed by atoms with Crippen molar-refractivity contribution in [1.29, 1.82) is 0 Å². The number of nitrogens with zero attached hydrogens (tertiary/aromatic N) is 3. The lowest BCUT2D eigenvalue weighted by Crippen LogP contribution is -2.33. The SMILES string of the molecule is CNC(=S)N(C)/N=C(\N)c1cc(Cl)ccn1. The summed E-state index contributed by atoms with van der Waals surface area (Å²) < 4.78 is 0. The fourth-order valence-corrected chi connectivity index (χ4v) is 1.17. The van der Waals surface area contributed by atoms with Gasteiger partial charge < -0.3 is 11.1 Å². The molecule has 0 saturated carbocycles.